The molecule has 158 valence electrons. The zero-order chi connectivity index (χ0) is 21.4. The van der Waals surface area contributed by atoms with Gasteiger partial charge in [0, 0.05) is 11.6 Å². The highest BCUT2D eigenvalue weighted by Gasteiger charge is 2.32. The Morgan fingerprint density at radius 3 is 2.40 bits per heavy atom. The van der Waals surface area contributed by atoms with Crippen LogP contribution in [0.25, 0.3) is 11.3 Å². The highest BCUT2D eigenvalue weighted by atomic mass is 32.2. The van der Waals surface area contributed by atoms with Gasteiger partial charge in [0.1, 0.15) is 5.82 Å². The molecule has 1 aromatic heterocycles. The van der Waals surface area contributed by atoms with Gasteiger partial charge in [-0.15, -0.1) is 0 Å². The fourth-order valence-corrected chi connectivity index (χ4v) is 6.30. The summed E-state index contributed by atoms with van der Waals surface area (Å²) in [7, 11) is -7.01. The normalized spacial score (nSPS) is 18.4. The molecule has 0 amide bonds. The van der Waals surface area contributed by atoms with Crippen molar-refractivity contribution in [3.05, 3.63) is 66.2 Å². The van der Waals surface area contributed by atoms with E-state index in [-0.39, 0.29) is 22.2 Å². The van der Waals surface area contributed by atoms with Crippen molar-refractivity contribution in [3.63, 3.8) is 0 Å². The number of anilines is 1. The zero-order valence-corrected chi connectivity index (χ0v) is 18.2. The Hall–Kier alpha value is -2.65. The molecule has 0 aliphatic carbocycles. The summed E-state index contributed by atoms with van der Waals surface area (Å²) in [6, 6.07) is 17.3. The van der Waals surface area contributed by atoms with Crippen LogP contribution in [0.4, 0.5) is 5.82 Å². The lowest BCUT2D eigenvalue weighted by atomic mass is 10.2. The minimum atomic E-state index is -3.85. The summed E-state index contributed by atoms with van der Waals surface area (Å²) >= 11 is 0. The van der Waals surface area contributed by atoms with Crippen LogP contribution in [-0.4, -0.2) is 38.1 Å². The van der Waals surface area contributed by atoms with Gasteiger partial charge in [0.25, 0.3) is 10.0 Å². The van der Waals surface area contributed by atoms with Gasteiger partial charge < -0.3 is 0 Å². The third-order valence-corrected chi connectivity index (χ3v) is 8.36. The number of hydrogen-bond acceptors (Lipinski definition) is 5. The first kappa shape index (κ1) is 20.6. The molecule has 2 aromatic carbocycles. The van der Waals surface area contributed by atoms with E-state index in [0.717, 1.165) is 17.5 Å². The molecule has 30 heavy (non-hydrogen) atoms. The summed E-state index contributed by atoms with van der Waals surface area (Å²) in [6.07, 6.45) is 1.22. The Labute approximate surface area is 176 Å². The standard InChI is InChI=1S/C21H23N3O4S2/c1-2-16-8-10-19(11-9-16)30(27,28)23-21-14-20(17-6-4-3-5-7-17)22-24(21)18-12-13-29(25,26)15-18/h3-11,14,18,23H,2,12-13,15H2,1H3/t18-/m1/s1. The molecule has 1 fully saturated rings. The average molecular weight is 446 g/mol. The van der Waals surface area contributed by atoms with Crippen molar-refractivity contribution >= 4 is 25.7 Å². The molecule has 0 saturated carbocycles. The maximum Gasteiger partial charge on any atom is 0.263 e. The Morgan fingerprint density at radius 1 is 1.10 bits per heavy atom. The molecule has 1 atom stereocenters. The first-order valence-electron chi connectivity index (χ1n) is 9.74. The third kappa shape index (κ3) is 4.27. The van der Waals surface area contributed by atoms with Crippen LogP contribution in [0.1, 0.15) is 24.9 Å². The maximum absolute atomic E-state index is 13.0. The zero-order valence-electron chi connectivity index (χ0n) is 16.5. The fraction of sp³-hybridized carbons (Fsp3) is 0.286. The molecule has 9 heteroatoms. The largest absolute Gasteiger partial charge is 0.264 e. The van der Waals surface area contributed by atoms with Crippen molar-refractivity contribution in [3.8, 4) is 11.3 Å². The molecular formula is C21H23N3O4S2. The minimum Gasteiger partial charge on any atom is -0.264 e. The van der Waals surface area contributed by atoms with E-state index in [1.807, 2.05) is 37.3 Å². The summed E-state index contributed by atoms with van der Waals surface area (Å²) < 4.78 is 54.0. The number of aryl methyl sites for hydroxylation is 1. The number of sulfone groups is 1. The van der Waals surface area contributed by atoms with Crippen LogP contribution in [0.15, 0.2) is 65.6 Å². The molecule has 4 rings (SSSR count). The number of nitrogens with one attached hydrogen (secondary N) is 1. The third-order valence-electron chi connectivity index (χ3n) is 5.24. The summed E-state index contributed by atoms with van der Waals surface area (Å²) in [5, 5.41) is 4.56. The maximum atomic E-state index is 13.0. The van der Waals surface area contributed by atoms with E-state index < -0.39 is 25.9 Å². The molecule has 1 saturated heterocycles. The lowest BCUT2D eigenvalue weighted by Gasteiger charge is -2.15. The molecular weight excluding hydrogens is 422 g/mol. The molecule has 1 aliphatic rings. The molecule has 1 aliphatic heterocycles. The molecule has 7 nitrogen and oxygen atoms in total. The SMILES string of the molecule is CCc1ccc(S(=O)(=O)Nc2cc(-c3ccccc3)nn2[C@@H]2CCS(=O)(=O)C2)cc1. The van der Waals surface area contributed by atoms with Crippen molar-refractivity contribution in [1.29, 1.82) is 0 Å². The van der Waals surface area contributed by atoms with Gasteiger partial charge >= 0.3 is 0 Å². The number of benzene rings is 2. The highest BCUT2D eigenvalue weighted by molar-refractivity contribution is 7.92. The predicted molar refractivity (Wildman–Crippen MR) is 117 cm³/mol. The number of hydrogen-bond donors (Lipinski definition) is 1. The number of sulfonamides is 1. The van der Waals surface area contributed by atoms with E-state index in [9.17, 15) is 16.8 Å². The smallest absolute Gasteiger partial charge is 0.263 e. The Bertz CT molecular complexity index is 1250. The second kappa shape index (κ2) is 7.88. The van der Waals surface area contributed by atoms with Crippen LogP contribution < -0.4 is 4.72 Å². The molecule has 3 aromatic rings. The van der Waals surface area contributed by atoms with Crippen molar-refractivity contribution in [2.45, 2.75) is 30.7 Å². The van der Waals surface area contributed by atoms with Crippen molar-refractivity contribution < 1.29 is 16.8 Å². The molecule has 0 unspecified atom stereocenters. The Balaban J connectivity index is 1.72. The second-order valence-corrected chi connectivity index (χ2v) is 11.3. The van der Waals surface area contributed by atoms with Gasteiger partial charge in [-0.25, -0.2) is 21.5 Å². The van der Waals surface area contributed by atoms with E-state index in [0.29, 0.717) is 12.1 Å². The first-order chi connectivity index (χ1) is 14.3. The van der Waals surface area contributed by atoms with Crippen molar-refractivity contribution in [1.82, 2.24) is 9.78 Å². The molecule has 1 N–H and O–H groups in total. The van der Waals surface area contributed by atoms with Crippen LogP contribution in [-0.2, 0) is 26.3 Å². The quantitative estimate of drug-likeness (QED) is 0.628. The van der Waals surface area contributed by atoms with E-state index in [4.69, 9.17) is 0 Å². The van der Waals surface area contributed by atoms with Crippen LogP contribution >= 0.6 is 0 Å². The van der Waals surface area contributed by atoms with Gasteiger partial charge in [-0.3, -0.25) is 4.72 Å². The van der Waals surface area contributed by atoms with Gasteiger partial charge in [0.2, 0.25) is 0 Å². The van der Waals surface area contributed by atoms with E-state index >= 15 is 0 Å². The summed E-state index contributed by atoms with van der Waals surface area (Å²) in [4.78, 5) is 0.146. The van der Waals surface area contributed by atoms with E-state index in [1.165, 1.54) is 4.68 Å². The fourth-order valence-electron chi connectivity index (χ4n) is 3.57. The molecule has 0 bridgehead atoms. The van der Waals surface area contributed by atoms with Gasteiger partial charge in [0.05, 0.1) is 28.1 Å². The predicted octanol–water partition coefficient (Wildman–Crippen LogP) is 3.27. The number of nitrogens with zero attached hydrogens (tertiary/aromatic N) is 2. The second-order valence-electron chi connectivity index (χ2n) is 7.39. The molecule has 0 spiro atoms. The topological polar surface area (TPSA) is 98.1 Å². The van der Waals surface area contributed by atoms with Crippen LogP contribution in [0.2, 0.25) is 0 Å². The van der Waals surface area contributed by atoms with Crippen LogP contribution in [0.3, 0.4) is 0 Å². The van der Waals surface area contributed by atoms with E-state index in [2.05, 4.69) is 9.82 Å². The highest BCUT2D eigenvalue weighted by Crippen LogP contribution is 2.31. The number of rotatable bonds is 6. The van der Waals surface area contributed by atoms with Gasteiger partial charge in [-0.2, -0.15) is 5.10 Å². The summed E-state index contributed by atoms with van der Waals surface area (Å²) in [6.45, 7) is 2.00. The van der Waals surface area contributed by atoms with Gasteiger partial charge in [0.15, 0.2) is 9.84 Å². The lowest BCUT2D eigenvalue weighted by Crippen LogP contribution is -2.20. The van der Waals surface area contributed by atoms with Crippen LogP contribution in [0.5, 0.6) is 0 Å². The molecule has 0 radical (unpaired) electrons. The number of aromatic nitrogens is 2. The van der Waals surface area contributed by atoms with Crippen molar-refractivity contribution in [2.24, 2.45) is 0 Å². The van der Waals surface area contributed by atoms with Crippen LogP contribution in [0, 0.1) is 0 Å². The first-order valence-corrected chi connectivity index (χ1v) is 13.0. The average Bonchev–Trinajstić information content (AvgIpc) is 3.31. The summed E-state index contributed by atoms with van der Waals surface area (Å²) in [5.41, 5.74) is 2.45. The lowest BCUT2D eigenvalue weighted by molar-refractivity contribution is 0.507. The van der Waals surface area contributed by atoms with E-state index in [1.54, 1.807) is 30.3 Å². The van der Waals surface area contributed by atoms with Gasteiger partial charge in [-0.1, -0.05) is 49.4 Å². The van der Waals surface area contributed by atoms with Crippen molar-refractivity contribution in [2.75, 3.05) is 16.2 Å². The summed E-state index contributed by atoms with van der Waals surface area (Å²) in [5.74, 6) is 0.279. The Kier molecular flexibility index (Phi) is 5.42. The molecule has 2 heterocycles. The Morgan fingerprint density at radius 2 is 1.80 bits per heavy atom. The van der Waals surface area contributed by atoms with Gasteiger partial charge in [-0.05, 0) is 30.5 Å². The minimum absolute atomic E-state index is 0.0527. The monoisotopic (exact) mass is 445 g/mol.